The maximum atomic E-state index is 11.3. The minimum absolute atomic E-state index is 0.180. The SMILES string of the molecule is C=C[C@H]1CN2CC[C@H]1C[C@@H]2[C@@H](O)C1=CC(I)Nc2ccc(OC)cc21. The molecule has 2 bridgehead atoms. The van der Waals surface area contributed by atoms with Crippen LogP contribution in [0.4, 0.5) is 5.69 Å². The zero-order valence-corrected chi connectivity index (χ0v) is 16.6. The molecular weight excluding hydrogens is 427 g/mol. The number of fused-ring (bicyclic) bond motifs is 4. The van der Waals surface area contributed by atoms with E-state index in [9.17, 15) is 5.11 Å². The number of benzene rings is 1. The van der Waals surface area contributed by atoms with Gasteiger partial charge in [-0.05, 0) is 61.1 Å². The fourth-order valence-corrected chi connectivity index (χ4v) is 5.35. The predicted octanol–water partition coefficient (Wildman–Crippen LogP) is 3.52. The van der Waals surface area contributed by atoms with Gasteiger partial charge in [-0.3, -0.25) is 4.90 Å². The molecule has 3 fully saturated rings. The zero-order valence-electron chi connectivity index (χ0n) is 14.5. The molecule has 4 heterocycles. The van der Waals surface area contributed by atoms with Crippen molar-refractivity contribution in [3.8, 4) is 5.75 Å². The number of hydrogen-bond acceptors (Lipinski definition) is 4. The summed E-state index contributed by atoms with van der Waals surface area (Å²) in [6, 6.07) is 6.23. The van der Waals surface area contributed by atoms with Crippen LogP contribution in [-0.4, -0.2) is 46.4 Å². The van der Waals surface area contributed by atoms with Gasteiger partial charge < -0.3 is 15.2 Å². The summed E-state index contributed by atoms with van der Waals surface area (Å²) in [7, 11) is 1.68. The van der Waals surface area contributed by atoms with Gasteiger partial charge in [0.15, 0.2) is 0 Å². The van der Waals surface area contributed by atoms with Crippen molar-refractivity contribution in [1.29, 1.82) is 0 Å². The molecule has 3 saturated heterocycles. The van der Waals surface area contributed by atoms with Crippen molar-refractivity contribution in [3.05, 3.63) is 42.5 Å². The molecule has 0 amide bonds. The average Bonchev–Trinajstić information content (AvgIpc) is 2.66. The molecule has 1 aromatic carbocycles. The van der Waals surface area contributed by atoms with Crippen LogP contribution in [0.25, 0.3) is 5.57 Å². The molecule has 4 aliphatic rings. The third-order valence-corrected chi connectivity index (χ3v) is 6.67. The fraction of sp³-hybridized carbons (Fsp3) is 0.500. The lowest BCUT2D eigenvalue weighted by Gasteiger charge is -2.51. The Morgan fingerprint density at radius 2 is 2.32 bits per heavy atom. The molecule has 0 aromatic heterocycles. The second-order valence-corrected chi connectivity index (χ2v) is 8.61. The Labute approximate surface area is 163 Å². The van der Waals surface area contributed by atoms with Gasteiger partial charge in [0, 0.05) is 23.8 Å². The number of piperidine rings is 3. The highest BCUT2D eigenvalue weighted by Gasteiger charge is 2.43. The maximum Gasteiger partial charge on any atom is 0.119 e. The Bertz CT molecular complexity index is 705. The highest BCUT2D eigenvalue weighted by molar-refractivity contribution is 14.1. The van der Waals surface area contributed by atoms with Crippen LogP contribution in [0.5, 0.6) is 5.75 Å². The normalized spacial score (nSPS) is 34.5. The maximum absolute atomic E-state index is 11.3. The highest BCUT2D eigenvalue weighted by atomic mass is 127. The first kappa shape index (κ1) is 17.4. The number of aliphatic hydroxyl groups is 1. The second kappa shape index (κ2) is 6.93. The van der Waals surface area contributed by atoms with Crippen LogP contribution in [0.2, 0.25) is 0 Å². The van der Waals surface area contributed by atoms with Gasteiger partial charge >= 0.3 is 0 Å². The van der Waals surface area contributed by atoms with E-state index in [4.69, 9.17) is 4.74 Å². The summed E-state index contributed by atoms with van der Waals surface area (Å²) in [5.41, 5.74) is 3.15. The molecule has 2 N–H and O–H groups in total. The number of aliphatic hydroxyl groups excluding tert-OH is 1. The molecule has 4 aliphatic heterocycles. The first-order valence-corrected chi connectivity index (χ1v) is 10.2. The Morgan fingerprint density at radius 3 is 3.00 bits per heavy atom. The Balaban J connectivity index is 1.64. The second-order valence-electron chi connectivity index (χ2n) is 7.27. The van der Waals surface area contributed by atoms with E-state index in [-0.39, 0.29) is 10.1 Å². The number of ether oxygens (including phenoxy) is 1. The largest absolute Gasteiger partial charge is 0.497 e. The van der Waals surface area contributed by atoms with Crippen LogP contribution < -0.4 is 10.1 Å². The van der Waals surface area contributed by atoms with E-state index >= 15 is 0 Å². The number of hydrogen-bond donors (Lipinski definition) is 2. The summed E-state index contributed by atoms with van der Waals surface area (Å²) >= 11 is 2.37. The Morgan fingerprint density at radius 1 is 1.48 bits per heavy atom. The van der Waals surface area contributed by atoms with E-state index in [1.54, 1.807) is 7.11 Å². The summed E-state index contributed by atoms with van der Waals surface area (Å²) in [6.45, 7) is 6.11. The number of nitrogens with zero attached hydrogens (tertiary/aromatic N) is 1. The average molecular weight is 452 g/mol. The molecule has 0 aliphatic carbocycles. The third-order valence-electron chi connectivity index (χ3n) is 5.99. The molecular formula is C20H25IN2O2. The molecule has 0 saturated carbocycles. The van der Waals surface area contributed by atoms with Crippen LogP contribution in [0.3, 0.4) is 0 Å². The summed E-state index contributed by atoms with van der Waals surface area (Å²) < 4.78 is 5.58. The zero-order chi connectivity index (χ0) is 17.6. The quantitative estimate of drug-likeness (QED) is 0.318. The van der Waals surface area contributed by atoms with Crippen molar-refractivity contribution in [2.24, 2.45) is 11.8 Å². The lowest BCUT2D eigenvalue weighted by atomic mass is 9.73. The molecule has 1 aromatic rings. The van der Waals surface area contributed by atoms with Crippen molar-refractivity contribution in [2.75, 3.05) is 25.5 Å². The van der Waals surface area contributed by atoms with Crippen LogP contribution in [0, 0.1) is 11.8 Å². The van der Waals surface area contributed by atoms with Gasteiger partial charge in [-0.1, -0.05) is 28.7 Å². The predicted molar refractivity (Wildman–Crippen MR) is 110 cm³/mol. The standard InChI is InChI=1S/C20H25IN2O2/c1-3-12-11-23-7-6-13(12)8-18(23)20(24)16-10-19(21)22-17-5-4-14(25-2)9-15(16)17/h3-5,9-10,12-13,18-20,22,24H,1,6-8,11H2,2H3/t12-,13-,18+,19?,20-/m0/s1. The van der Waals surface area contributed by atoms with Crippen molar-refractivity contribution in [3.63, 3.8) is 0 Å². The van der Waals surface area contributed by atoms with E-state index in [0.717, 1.165) is 42.1 Å². The van der Waals surface area contributed by atoms with E-state index in [0.29, 0.717) is 11.8 Å². The van der Waals surface area contributed by atoms with E-state index in [2.05, 4.69) is 51.5 Å². The van der Waals surface area contributed by atoms with Crippen LogP contribution in [-0.2, 0) is 0 Å². The molecule has 134 valence electrons. The van der Waals surface area contributed by atoms with Gasteiger partial charge in [0.1, 0.15) is 5.75 Å². The third kappa shape index (κ3) is 3.11. The monoisotopic (exact) mass is 452 g/mol. The number of halogens is 1. The van der Waals surface area contributed by atoms with Gasteiger partial charge in [0.25, 0.3) is 0 Å². The Kier molecular flexibility index (Phi) is 4.81. The smallest absolute Gasteiger partial charge is 0.119 e. The van der Waals surface area contributed by atoms with Crippen molar-refractivity contribution in [1.82, 2.24) is 4.90 Å². The fourth-order valence-electron chi connectivity index (χ4n) is 4.62. The van der Waals surface area contributed by atoms with Gasteiger partial charge in [-0.2, -0.15) is 0 Å². The van der Waals surface area contributed by atoms with Gasteiger partial charge in [0.05, 0.1) is 17.3 Å². The molecule has 2 unspecified atom stereocenters. The van der Waals surface area contributed by atoms with E-state index in [1.807, 2.05) is 18.2 Å². The topological polar surface area (TPSA) is 44.7 Å². The summed E-state index contributed by atoms with van der Waals surface area (Å²) in [4.78, 5) is 2.46. The number of alkyl halides is 1. The minimum atomic E-state index is -0.473. The molecule has 25 heavy (non-hydrogen) atoms. The van der Waals surface area contributed by atoms with Gasteiger partial charge in [-0.25, -0.2) is 0 Å². The molecule has 5 rings (SSSR count). The number of nitrogens with one attached hydrogen (secondary N) is 1. The van der Waals surface area contributed by atoms with Crippen molar-refractivity contribution >= 4 is 33.9 Å². The summed E-state index contributed by atoms with van der Waals surface area (Å²) in [5, 5.41) is 14.8. The van der Waals surface area contributed by atoms with Crippen LogP contribution >= 0.6 is 22.6 Å². The lowest BCUT2D eigenvalue weighted by Crippen LogP contribution is -2.57. The number of anilines is 1. The lowest BCUT2D eigenvalue weighted by molar-refractivity contribution is -0.0254. The van der Waals surface area contributed by atoms with Crippen LogP contribution in [0.1, 0.15) is 18.4 Å². The van der Waals surface area contributed by atoms with E-state index < -0.39 is 6.10 Å². The van der Waals surface area contributed by atoms with Crippen molar-refractivity contribution < 1.29 is 9.84 Å². The Hall–Kier alpha value is -1.05. The number of methoxy groups -OCH3 is 1. The summed E-state index contributed by atoms with van der Waals surface area (Å²) in [5.74, 6) is 2.05. The van der Waals surface area contributed by atoms with Gasteiger partial charge in [0.2, 0.25) is 0 Å². The van der Waals surface area contributed by atoms with E-state index in [1.165, 1.54) is 6.42 Å². The molecule has 5 heteroatoms. The number of rotatable bonds is 4. The molecule has 0 radical (unpaired) electrons. The minimum Gasteiger partial charge on any atom is -0.497 e. The van der Waals surface area contributed by atoms with Crippen LogP contribution in [0.15, 0.2) is 36.9 Å². The first-order valence-electron chi connectivity index (χ1n) is 8.96. The highest BCUT2D eigenvalue weighted by Crippen LogP contribution is 2.43. The summed E-state index contributed by atoms with van der Waals surface area (Å²) in [6.07, 6.45) is 6.05. The molecule has 0 spiro atoms. The molecule has 6 atom stereocenters. The van der Waals surface area contributed by atoms with Crippen molar-refractivity contribution in [2.45, 2.75) is 29.0 Å². The molecule has 4 nitrogen and oxygen atoms in total. The first-order chi connectivity index (χ1) is 12.1. The van der Waals surface area contributed by atoms with Gasteiger partial charge in [-0.15, -0.1) is 6.58 Å².